The molecule has 1 amide bonds. The van der Waals surface area contributed by atoms with E-state index in [4.69, 9.17) is 9.84 Å². The van der Waals surface area contributed by atoms with Crippen LogP contribution in [0.15, 0.2) is 60.7 Å². The summed E-state index contributed by atoms with van der Waals surface area (Å²) in [5.74, 6) is -0.103. The van der Waals surface area contributed by atoms with Crippen LogP contribution >= 0.6 is 11.3 Å². The van der Waals surface area contributed by atoms with E-state index >= 15 is 0 Å². The van der Waals surface area contributed by atoms with Crippen LogP contribution in [0, 0.1) is 6.92 Å². The van der Waals surface area contributed by atoms with Gasteiger partial charge in [0.2, 0.25) is 11.0 Å². The number of hydrogen-bond acceptors (Lipinski definition) is 4. The van der Waals surface area contributed by atoms with E-state index in [1.54, 1.807) is 11.8 Å². The highest BCUT2D eigenvalue weighted by Crippen LogP contribution is 2.43. The molecule has 28 heavy (non-hydrogen) atoms. The average molecular weight is 395 g/mol. The van der Waals surface area contributed by atoms with Gasteiger partial charge in [-0.05, 0) is 24.1 Å². The normalized spacial score (nSPS) is 10.5. The van der Waals surface area contributed by atoms with Gasteiger partial charge in [-0.3, -0.25) is 4.79 Å². The largest absolute Gasteiger partial charge is 0.512 e. The summed E-state index contributed by atoms with van der Waals surface area (Å²) in [5, 5.41) is 9.34. The number of anilines is 1. The molecule has 0 aliphatic carbocycles. The maximum atomic E-state index is 12.7. The van der Waals surface area contributed by atoms with Crippen molar-refractivity contribution in [3.05, 3.63) is 71.8 Å². The minimum Gasteiger partial charge on any atom is -0.449 e. The molecule has 0 atom stereocenters. The molecular formula is C22H21NO4S. The maximum absolute atomic E-state index is 12.7. The van der Waals surface area contributed by atoms with E-state index in [-0.39, 0.29) is 11.0 Å². The van der Waals surface area contributed by atoms with Gasteiger partial charge in [0.15, 0.2) is 0 Å². The Kier molecular flexibility index (Phi) is 6.11. The third-order valence-corrected chi connectivity index (χ3v) is 5.32. The van der Waals surface area contributed by atoms with Crippen molar-refractivity contribution in [1.29, 1.82) is 0 Å². The van der Waals surface area contributed by atoms with Crippen molar-refractivity contribution in [2.75, 3.05) is 4.90 Å². The average Bonchev–Trinajstić information content (AvgIpc) is 3.10. The maximum Gasteiger partial charge on any atom is 0.512 e. The highest BCUT2D eigenvalue weighted by atomic mass is 32.1. The number of hydrogen-bond donors (Lipinski definition) is 1. The van der Waals surface area contributed by atoms with E-state index in [1.165, 1.54) is 11.3 Å². The predicted octanol–water partition coefficient (Wildman–Crippen LogP) is 5.72. The zero-order chi connectivity index (χ0) is 20.1. The van der Waals surface area contributed by atoms with Crippen LogP contribution in [-0.4, -0.2) is 17.2 Å². The van der Waals surface area contributed by atoms with Gasteiger partial charge < -0.3 is 14.7 Å². The van der Waals surface area contributed by atoms with Crippen LogP contribution in [0.1, 0.15) is 24.5 Å². The number of benzene rings is 2. The molecule has 6 heteroatoms. The first-order valence-corrected chi connectivity index (χ1v) is 9.75. The molecule has 0 saturated carbocycles. The molecule has 0 saturated heterocycles. The molecule has 0 radical (unpaired) electrons. The Morgan fingerprint density at radius 1 is 1.07 bits per heavy atom. The van der Waals surface area contributed by atoms with Crippen molar-refractivity contribution < 1.29 is 19.4 Å². The van der Waals surface area contributed by atoms with Gasteiger partial charge in [-0.1, -0.05) is 78.4 Å². The fourth-order valence-electron chi connectivity index (χ4n) is 2.82. The van der Waals surface area contributed by atoms with Crippen LogP contribution in [0.2, 0.25) is 0 Å². The fourth-order valence-corrected chi connectivity index (χ4v) is 3.84. The molecule has 1 N–H and O–H groups in total. The number of ether oxygens (including phenoxy) is 1. The van der Waals surface area contributed by atoms with Crippen molar-refractivity contribution in [3.63, 3.8) is 0 Å². The Labute approximate surface area is 167 Å². The first-order chi connectivity index (χ1) is 13.5. The first kappa shape index (κ1) is 19.6. The molecule has 0 unspecified atom stereocenters. The summed E-state index contributed by atoms with van der Waals surface area (Å²) in [6, 6.07) is 19.3. The zero-order valence-electron chi connectivity index (χ0n) is 15.7. The number of amides is 1. The molecule has 0 aliphatic heterocycles. The molecule has 1 heterocycles. The van der Waals surface area contributed by atoms with Gasteiger partial charge in [0, 0.05) is 11.3 Å². The van der Waals surface area contributed by atoms with Crippen molar-refractivity contribution in [2.24, 2.45) is 0 Å². The molecule has 1 aromatic heterocycles. The van der Waals surface area contributed by atoms with Crippen molar-refractivity contribution in [3.8, 4) is 15.5 Å². The summed E-state index contributed by atoms with van der Waals surface area (Å²) in [5.41, 5.74) is 3.50. The van der Waals surface area contributed by atoms with Crippen LogP contribution in [-0.2, 0) is 11.3 Å². The van der Waals surface area contributed by atoms with Crippen molar-refractivity contribution in [2.45, 2.75) is 26.8 Å². The van der Waals surface area contributed by atoms with Gasteiger partial charge in [-0.25, -0.2) is 4.79 Å². The second-order valence-corrected chi connectivity index (χ2v) is 7.35. The number of nitrogens with zero attached hydrogens (tertiary/aromatic N) is 1. The van der Waals surface area contributed by atoms with Gasteiger partial charge in [-0.2, -0.15) is 0 Å². The van der Waals surface area contributed by atoms with E-state index < -0.39 is 6.16 Å². The van der Waals surface area contributed by atoms with Crippen LogP contribution in [0.4, 0.5) is 10.5 Å². The van der Waals surface area contributed by atoms with Gasteiger partial charge in [0.05, 0.1) is 12.2 Å². The number of carboxylic acid groups (broad SMARTS) is 1. The molecule has 5 nitrogen and oxygen atoms in total. The lowest BCUT2D eigenvalue weighted by atomic mass is 10.1. The number of thiophene rings is 1. The smallest absolute Gasteiger partial charge is 0.449 e. The Hall–Kier alpha value is -3.12. The van der Waals surface area contributed by atoms with Crippen LogP contribution in [0.25, 0.3) is 10.4 Å². The van der Waals surface area contributed by atoms with Crippen LogP contribution in [0.5, 0.6) is 5.06 Å². The van der Waals surface area contributed by atoms with E-state index in [0.717, 1.165) is 21.6 Å². The highest BCUT2D eigenvalue weighted by molar-refractivity contribution is 7.18. The molecule has 0 spiro atoms. The Morgan fingerprint density at radius 2 is 1.75 bits per heavy atom. The Bertz CT molecular complexity index is 964. The van der Waals surface area contributed by atoms with E-state index in [9.17, 15) is 9.59 Å². The summed E-state index contributed by atoms with van der Waals surface area (Å²) >= 11 is 1.21. The monoisotopic (exact) mass is 395 g/mol. The summed E-state index contributed by atoms with van der Waals surface area (Å²) < 4.78 is 5.02. The lowest BCUT2D eigenvalue weighted by Crippen LogP contribution is -2.29. The molecule has 3 aromatic rings. The number of aryl methyl sites for hydroxylation is 1. The summed E-state index contributed by atoms with van der Waals surface area (Å²) in [7, 11) is 0. The summed E-state index contributed by atoms with van der Waals surface area (Å²) in [6.45, 7) is 4.13. The number of carbonyl (C=O) groups is 2. The zero-order valence-corrected chi connectivity index (χ0v) is 16.5. The Balaban J connectivity index is 2.04. The minimum absolute atomic E-state index is 0.103. The van der Waals surface area contributed by atoms with E-state index in [1.807, 2.05) is 67.6 Å². The molecule has 0 bridgehead atoms. The third kappa shape index (κ3) is 4.58. The second kappa shape index (κ2) is 8.71. The van der Waals surface area contributed by atoms with E-state index in [2.05, 4.69) is 0 Å². The lowest BCUT2D eigenvalue weighted by Gasteiger charge is -2.22. The highest BCUT2D eigenvalue weighted by Gasteiger charge is 2.24. The van der Waals surface area contributed by atoms with E-state index in [0.29, 0.717) is 18.7 Å². The fraction of sp³-hybridized carbons (Fsp3) is 0.182. The van der Waals surface area contributed by atoms with Gasteiger partial charge in [0.1, 0.15) is 0 Å². The molecule has 3 rings (SSSR count). The molecule has 0 aliphatic rings. The van der Waals surface area contributed by atoms with Crippen LogP contribution in [0.3, 0.4) is 0 Å². The minimum atomic E-state index is -1.40. The standard InChI is InChI=1S/C22H21NO4S/c1-3-20(24)23(14-16-11-9-15(2)10-12-16)18-13-19(17-7-5-4-6-8-17)28-21(18)27-22(25)26/h4-13H,3,14H2,1-2H3,(H,25,26). The Morgan fingerprint density at radius 3 is 2.36 bits per heavy atom. The van der Waals surface area contributed by atoms with Gasteiger partial charge >= 0.3 is 6.16 Å². The van der Waals surface area contributed by atoms with Gasteiger partial charge in [-0.15, -0.1) is 0 Å². The molecule has 144 valence electrons. The van der Waals surface area contributed by atoms with Crippen molar-refractivity contribution in [1.82, 2.24) is 0 Å². The molecule has 0 fully saturated rings. The topological polar surface area (TPSA) is 66.8 Å². The SMILES string of the molecule is CCC(=O)N(Cc1ccc(C)cc1)c1cc(-c2ccccc2)sc1OC(=O)O. The molecular weight excluding hydrogens is 374 g/mol. The number of carbonyl (C=O) groups excluding carboxylic acids is 1. The first-order valence-electron chi connectivity index (χ1n) is 8.94. The second-order valence-electron chi connectivity index (χ2n) is 6.34. The summed E-state index contributed by atoms with van der Waals surface area (Å²) in [6.07, 6.45) is -1.10. The summed E-state index contributed by atoms with van der Waals surface area (Å²) in [4.78, 5) is 26.3. The van der Waals surface area contributed by atoms with Crippen molar-refractivity contribution >= 4 is 29.1 Å². The predicted molar refractivity (Wildman–Crippen MR) is 111 cm³/mol. The lowest BCUT2D eigenvalue weighted by molar-refractivity contribution is -0.118. The van der Waals surface area contributed by atoms with Crippen LogP contribution < -0.4 is 9.64 Å². The van der Waals surface area contributed by atoms with Gasteiger partial charge in [0.25, 0.3) is 0 Å². The molecule has 2 aromatic carbocycles. The third-order valence-electron chi connectivity index (χ3n) is 4.27. The number of rotatable bonds is 6. The quantitative estimate of drug-likeness (QED) is 0.542.